The molecule has 0 aliphatic heterocycles. The minimum absolute atomic E-state index is 0.0517. The summed E-state index contributed by atoms with van der Waals surface area (Å²) in [6.07, 6.45) is 13.4. The minimum atomic E-state index is -0.947. The van der Waals surface area contributed by atoms with E-state index in [0.717, 1.165) is 68.9 Å². The van der Waals surface area contributed by atoms with E-state index in [1.54, 1.807) is 18.2 Å². The highest BCUT2D eigenvalue weighted by Gasteiger charge is 2.72. The van der Waals surface area contributed by atoms with Crippen LogP contribution in [0.15, 0.2) is 42.5 Å². The number of aliphatic carboxylic acids is 1. The van der Waals surface area contributed by atoms with Crippen LogP contribution in [0.3, 0.4) is 0 Å². The predicted octanol–water partition coefficient (Wildman–Crippen LogP) is 8.48. The lowest BCUT2D eigenvalue weighted by Crippen LogP contribution is -2.67. The average molecular weight is 589 g/mol. The maximum atomic E-state index is 13.2. The Bertz CT molecular complexity index is 1360. The lowest BCUT2D eigenvalue weighted by molar-refractivity contribution is -0.248. The first kappa shape index (κ1) is 30.6. The largest absolute Gasteiger partial charge is 0.481 e. The number of aliphatic hydroxyl groups excluding tert-OH is 1. The third-order valence-electron chi connectivity index (χ3n) is 14.9. The van der Waals surface area contributed by atoms with Gasteiger partial charge in [0.1, 0.15) is 0 Å². The van der Waals surface area contributed by atoms with Crippen LogP contribution >= 0.6 is 0 Å². The molecule has 0 amide bonds. The van der Waals surface area contributed by atoms with E-state index in [1.165, 1.54) is 0 Å². The molecule has 0 aromatic heterocycles. The molecule has 3 N–H and O–H groups in total. The van der Waals surface area contributed by atoms with E-state index < -0.39 is 17.4 Å². The molecular formula is C38H52O5. The van der Waals surface area contributed by atoms with Gasteiger partial charge in [-0.3, -0.25) is 4.79 Å². The van der Waals surface area contributed by atoms with Gasteiger partial charge in [-0.25, -0.2) is 4.79 Å². The number of hydrogen-bond acceptors (Lipinski definition) is 3. The summed E-state index contributed by atoms with van der Waals surface area (Å²) in [6.45, 7) is 16.7. The number of carboxylic acid groups (broad SMARTS) is 2. The van der Waals surface area contributed by atoms with E-state index in [0.29, 0.717) is 24.2 Å². The normalized spacial score (nSPS) is 45.0. The van der Waals surface area contributed by atoms with Crippen LogP contribution < -0.4 is 0 Å². The zero-order chi connectivity index (χ0) is 31.2. The Morgan fingerprint density at radius 2 is 1.60 bits per heavy atom. The Morgan fingerprint density at radius 1 is 0.860 bits per heavy atom. The van der Waals surface area contributed by atoms with Gasteiger partial charge in [0.05, 0.1) is 17.1 Å². The number of benzene rings is 1. The van der Waals surface area contributed by atoms with Crippen molar-refractivity contribution in [3.8, 4) is 0 Å². The van der Waals surface area contributed by atoms with Crippen molar-refractivity contribution in [1.29, 1.82) is 0 Å². The van der Waals surface area contributed by atoms with Gasteiger partial charge in [-0.2, -0.15) is 0 Å². The van der Waals surface area contributed by atoms with Crippen molar-refractivity contribution in [3.63, 3.8) is 0 Å². The average Bonchev–Trinajstić information content (AvgIpc) is 3.36. The molecule has 0 saturated heterocycles. The van der Waals surface area contributed by atoms with Crippen LogP contribution in [-0.2, 0) is 4.79 Å². The summed E-state index contributed by atoms with van der Waals surface area (Å²) in [5.74, 6) is 0.00102. The zero-order valence-electron chi connectivity index (χ0n) is 26.9. The molecule has 0 bridgehead atoms. The Morgan fingerprint density at radius 3 is 2.30 bits per heavy atom. The molecule has 1 aromatic rings. The first-order valence-electron chi connectivity index (χ1n) is 16.7. The summed E-state index contributed by atoms with van der Waals surface area (Å²) >= 11 is 0. The molecule has 5 fully saturated rings. The number of carbonyl (C=O) groups is 2. The Labute approximate surface area is 257 Å². The van der Waals surface area contributed by atoms with Crippen molar-refractivity contribution in [1.82, 2.24) is 0 Å². The quantitative estimate of drug-likeness (QED) is 0.300. The van der Waals surface area contributed by atoms with Crippen molar-refractivity contribution in [2.45, 2.75) is 105 Å². The summed E-state index contributed by atoms with van der Waals surface area (Å²) in [4.78, 5) is 24.6. The van der Waals surface area contributed by atoms with Crippen LogP contribution in [0, 0.1) is 56.7 Å². The van der Waals surface area contributed by atoms with Crippen molar-refractivity contribution in [2.24, 2.45) is 56.7 Å². The van der Waals surface area contributed by atoms with E-state index in [1.807, 2.05) is 18.2 Å². The molecule has 5 aliphatic rings. The summed E-state index contributed by atoms with van der Waals surface area (Å²) in [7, 11) is 0. The third kappa shape index (κ3) is 4.19. The van der Waals surface area contributed by atoms with Crippen molar-refractivity contribution < 1.29 is 24.9 Å². The van der Waals surface area contributed by atoms with Gasteiger partial charge in [-0.15, -0.1) is 0 Å². The zero-order valence-corrected chi connectivity index (χ0v) is 26.9. The van der Waals surface area contributed by atoms with Crippen LogP contribution in [-0.4, -0.2) is 33.4 Å². The second-order valence-electron chi connectivity index (χ2n) is 16.5. The van der Waals surface area contributed by atoms with Gasteiger partial charge in [0.25, 0.3) is 0 Å². The molecule has 5 heteroatoms. The molecule has 0 unspecified atom stereocenters. The maximum absolute atomic E-state index is 13.2. The topological polar surface area (TPSA) is 94.8 Å². The van der Waals surface area contributed by atoms with Gasteiger partial charge in [0.15, 0.2) is 0 Å². The molecule has 10 atom stereocenters. The molecule has 0 radical (unpaired) electrons. The number of aliphatic hydroxyl groups is 1. The molecule has 5 aliphatic carbocycles. The molecule has 234 valence electrons. The molecule has 6 rings (SSSR count). The Kier molecular flexibility index (Phi) is 7.16. The van der Waals surface area contributed by atoms with E-state index in [2.05, 4.69) is 41.2 Å². The highest BCUT2D eigenvalue weighted by atomic mass is 16.4. The van der Waals surface area contributed by atoms with Gasteiger partial charge in [-0.05, 0) is 133 Å². The number of allylic oxidation sites excluding steroid dienone is 2. The fourth-order valence-corrected chi connectivity index (χ4v) is 12.5. The lowest BCUT2D eigenvalue weighted by atomic mass is 9.32. The summed E-state index contributed by atoms with van der Waals surface area (Å²) in [5, 5.41) is 31.2. The van der Waals surface area contributed by atoms with Gasteiger partial charge in [0.2, 0.25) is 0 Å². The number of aromatic carboxylic acids is 1. The second-order valence-corrected chi connectivity index (χ2v) is 16.5. The molecule has 0 heterocycles. The fraction of sp³-hybridized carbons (Fsp3) is 0.684. The maximum Gasteiger partial charge on any atom is 0.335 e. The molecule has 0 spiro atoms. The number of fused-ring (bicyclic) bond motifs is 7. The first-order chi connectivity index (χ1) is 20.1. The van der Waals surface area contributed by atoms with E-state index in [-0.39, 0.29) is 45.2 Å². The van der Waals surface area contributed by atoms with Crippen LogP contribution in [0.4, 0.5) is 0 Å². The van der Waals surface area contributed by atoms with Crippen molar-refractivity contribution in [2.75, 3.05) is 0 Å². The summed E-state index contributed by atoms with van der Waals surface area (Å²) in [6, 6.07) is 6.92. The van der Waals surface area contributed by atoms with Crippen molar-refractivity contribution in [3.05, 3.63) is 53.6 Å². The summed E-state index contributed by atoms with van der Waals surface area (Å²) in [5.41, 5.74) is 1.64. The van der Waals surface area contributed by atoms with Gasteiger partial charge in [0, 0.05) is 0 Å². The van der Waals surface area contributed by atoms with Crippen molar-refractivity contribution >= 4 is 18.0 Å². The van der Waals surface area contributed by atoms with Gasteiger partial charge in [-0.1, -0.05) is 71.1 Å². The number of carboxylic acids is 2. The highest BCUT2D eigenvalue weighted by Crippen LogP contribution is 2.77. The molecular weight excluding hydrogens is 536 g/mol. The standard InChI is InChI=1S/C38H52O5/c1-23(10-11-24-8-7-9-25(22-24)32(40)41)26-14-19-38(33(42)43)21-20-36(5)27(31(26)38)12-13-29-35(4)17-16-30(39)34(2,3)28(35)15-18-37(29,36)6/h7-11,22,26-31,39H,1,12-21H2,2-6H3,(H,40,41)(H,42,43)/b11-10+/t26-,27+,28-,29+,30-,31+,35-,36+,37+,38-/m0/s1. The van der Waals surface area contributed by atoms with E-state index in [9.17, 15) is 24.9 Å². The SMILES string of the molecule is C=C(/C=C/c1cccc(C(=O)O)c1)[C@@H]1CC[C@]2(C(=O)O)CC[C@]3(C)[C@H](CC[C@@H]4[C@@]5(C)CC[C@H](O)C(C)(C)[C@@H]5CC[C@]43C)[C@@H]12. The van der Waals surface area contributed by atoms with E-state index in [4.69, 9.17) is 0 Å². The lowest BCUT2D eigenvalue weighted by Gasteiger charge is -2.72. The molecule has 5 nitrogen and oxygen atoms in total. The first-order valence-corrected chi connectivity index (χ1v) is 16.7. The highest BCUT2D eigenvalue weighted by molar-refractivity contribution is 5.88. The smallest absolute Gasteiger partial charge is 0.335 e. The molecule has 1 aromatic carbocycles. The van der Waals surface area contributed by atoms with Crippen LogP contribution in [0.5, 0.6) is 0 Å². The Balaban J connectivity index is 1.34. The Hall–Kier alpha value is -2.40. The third-order valence-corrected chi connectivity index (χ3v) is 14.9. The van der Waals surface area contributed by atoms with E-state index >= 15 is 0 Å². The van der Waals surface area contributed by atoms with Crippen LogP contribution in [0.25, 0.3) is 6.08 Å². The van der Waals surface area contributed by atoms with Gasteiger partial charge < -0.3 is 15.3 Å². The fourth-order valence-electron chi connectivity index (χ4n) is 12.5. The molecule has 5 saturated carbocycles. The predicted molar refractivity (Wildman–Crippen MR) is 169 cm³/mol. The van der Waals surface area contributed by atoms with Gasteiger partial charge >= 0.3 is 11.9 Å². The molecule has 43 heavy (non-hydrogen) atoms. The van der Waals surface area contributed by atoms with Crippen LogP contribution in [0.1, 0.15) is 115 Å². The monoisotopic (exact) mass is 588 g/mol. The second kappa shape index (κ2) is 10.1. The minimum Gasteiger partial charge on any atom is -0.481 e. The number of hydrogen-bond donors (Lipinski definition) is 3. The number of rotatable bonds is 5. The summed E-state index contributed by atoms with van der Waals surface area (Å²) < 4.78 is 0. The van der Waals surface area contributed by atoms with Crippen LogP contribution in [0.2, 0.25) is 0 Å².